The third-order valence-corrected chi connectivity index (χ3v) is 2.92. The predicted molar refractivity (Wildman–Crippen MR) is 79.6 cm³/mol. The van der Waals surface area contributed by atoms with Crippen LogP contribution in [0.1, 0.15) is 48.0 Å². The topological polar surface area (TPSA) is 69.7 Å². The van der Waals surface area contributed by atoms with E-state index in [1.807, 2.05) is 27.7 Å². The minimum absolute atomic E-state index is 0.0383. The summed E-state index contributed by atoms with van der Waals surface area (Å²) >= 11 is 0. The van der Waals surface area contributed by atoms with Gasteiger partial charge in [0.05, 0.1) is 0 Å². The summed E-state index contributed by atoms with van der Waals surface area (Å²) in [6.45, 7) is 10.8. The highest BCUT2D eigenvalue weighted by Crippen LogP contribution is 2.30. The highest BCUT2D eigenvalue weighted by Gasteiger charge is 2.36. The molecular formula is C16H26O5. The van der Waals surface area contributed by atoms with Gasteiger partial charge in [0.25, 0.3) is 0 Å². The minimum atomic E-state index is -0.547. The number of Topliss-reactive ketones (excluding diaryl/α,β-unsaturated/α-hetero) is 1. The van der Waals surface area contributed by atoms with Gasteiger partial charge in [-0.3, -0.25) is 9.59 Å². The van der Waals surface area contributed by atoms with Crippen LogP contribution in [-0.2, 0) is 23.9 Å². The normalized spacial score (nSPS) is 13.3. The van der Waals surface area contributed by atoms with Crippen LogP contribution in [0.5, 0.6) is 0 Å². The van der Waals surface area contributed by atoms with Gasteiger partial charge in [-0.1, -0.05) is 33.8 Å². The van der Waals surface area contributed by atoms with Crippen molar-refractivity contribution in [1.82, 2.24) is 0 Å². The van der Waals surface area contributed by atoms with Crippen molar-refractivity contribution in [2.75, 3.05) is 6.61 Å². The zero-order valence-corrected chi connectivity index (χ0v) is 13.8. The van der Waals surface area contributed by atoms with Crippen molar-refractivity contribution in [2.24, 2.45) is 11.3 Å². The maximum absolute atomic E-state index is 11.7. The van der Waals surface area contributed by atoms with E-state index in [4.69, 9.17) is 9.47 Å². The first kappa shape index (κ1) is 19.4. The first-order valence-electron chi connectivity index (χ1n) is 7.08. The van der Waals surface area contributed by atoms with Gasteiger partial charge in [0.15, 0.2) is 0 Å². The lowest BCUT2D eigenvalue weighted by Crippen LogP contribution is -2.41. The molecule has 0 aromatic carbocycles. The van der Waals surface area contributed by atoms with Crippen molar-refractivity contribution in [2.45, 2.75) is 54.1 Å². The minimum Gasteiger partial charge on any atom is -0.462 e. The fourth-order valence-corrected chi connectivity index (χ4v) is 2.11. The van der Waals surface area contributed by atoms with Crippen LogP contribution < -0.4 is 0 Å². The summed E-state index contributed by atoms with van der Waals surface area (Å²) in [4.78, 5) is 34.0. The molecule has 1 unspecified atom stereocenters. The van der Waals surface area contributed by atoms with Gasteiger partial charge in [-0.15, -0.1) is 0 Å². The van der Waals surface area contributed by atoms with Gasteiger partial charge in [-0.2, -0.15) is 0 Å². The van der Waals surface area contributed by atoms with Crippen LogP contribution in [0.2, 0.25) is 0 Å². The third-order valence-electron chi connectivity index (χ3n) is 2.92. The van der Waals surface area contributed by atoms with Crippen LogP contribution in [0, 0.1) is 11.3 Å². The van der Waals surface area contributed by atoms with Gasteiger partial charge >= 0.3 is 11.9 Å². The largest absolute Gasteiger partial charge is 0.462 e. The number of allylic oxidation sites excluding steroid dienone is 1. The van der Waals surface area contributed by atoms with Crippen LogP contribution in [0.4, 0.5) is 0 Å². The van der Waals surface area contributed by atoms with Crippen molar-refractivity contribution in [1.29, 1.82) is 0 Å². The second-order valence-electron chi connectivity index (χ2n) is 6.13. The number of ether oxygens (including phenoxy) is 2. The Kier molecular flexibility index (Phi) is 7.92. The lowest BCUT2D eigenvalue weighted by Gasteiger charge is -2.35. The van der Waals surface area contributed by atoms with Crippen LogP contribution in [0.3, 0.4) is 0 Å². The number of hydrogen-bond donors (Lipinski definition) is 0. The average molecular weight is 298 g/mol. The smallest absolute Gasteiger partial charge is 0.330 e. The van der Waals surface area contributed by atoms with Crippen molar-refractivity contribution < 1.29 is 23.9 Å². The number of rotatable bonds is 8. The van der Waals surface area contributed by atoms with E-state index >= 15 is 0 Å². The van der Waals surface area contributed by atoms with Crippen molar-refractivity contribution in [3.8, 4) is 0 Å². The molecule has 5 heteroatoms. The van der Waals surface area contributed by atoms with Gasteiger partial charge in [-0.05, 0) is 19.8 Å². The molecule has 21 heavy (non-hydrogen) atoms. The molecule has 0 aliphatic heterocycles. The second kappa shape index (κ2) is 8.60. The van der Waals surface area contributed by atoms with E-state index in [0.717, 1.165) is 0 Å². The number of ketones is 1. The van der Waals surface area contributed by atoms with Crippen molar-refractivity contribution >= 4 is 17.7 Å². The van der Waals surface area contributed by atoms with E-state index in [1.54, 1.807) is 13.0 Å². The summed E-state index contributed by atoms with van der Waals surface area (Å²) in [5.74, 6) is -1.17. The van der Waals surface area contributed by atoms with Gasteiger partial charge in [-0.25, -0.2) is 4.79 Å². The van der Waals surface area contributed by atoms with Gasteiger partial charge in [0.1, 0.15) is 24.9 Å². The molecule has 0 aromatic rings. The maximum atomic E-state index is 11.7. The summed E-state index contributed by atoms with van der Waals surface area (Å²) in [6, 6.07) is 0. The molecule has 0 aliphatic carbocycles. The maximum Gasteiger partial charge on any atom is 0.330 e. The van der Waals surface area contributed by atoms with Crippen LogP contribution in [-0.4, -0.2) is 30.4 Å². The second-order valence-corrected chi connectivity index (χ2v) is 6.13. The fraction of sp³-hybridized carbons (Fsp3) is 0.688. The third kappa shape index (κ3) is 7.63. The molecule has 0 bridgehead atoms. The zero-order chi connectivity index (χ0) is 16.6. The molecule has 0 rings (SSSR count). The Balaban J connectivity index is 4.79. The number of hydrogen-bond acceptors (Lipinski definition) is 5. The molecule has 0 heterocycles. The van der Waals surface area contributed by atoms with Crippen LogP contribution >= 0.6 is 0 Å². The molecule has 0 aromatic heterocycles. The Bertz CT molecular complexity index is 407. The highest BCUT2D eigenvalue weighted by atomic mass is 16.6. The zero-order valence-electron chi connectivity index (χ0n) is 13.8. The molecule has 0 spiro atoms. The standard InChI is InChI=1S/C16H26O5/c1-7-8-13(18)20-10-16(5,6)15(11(2)3)21-14(19)9-12(4)17/h7-8,11,15H,9-10H2,1-6H3. The summed E-state index contributed by atoms with van der Waals surface area (Å²) in [5, 5.41) is 0. The van der Waals surface area contributed by atoms with Gasteiger partial charge < -0.3 is 9.47 Å². The van der Waals surface area contributed by atoms with E-state index < -0.39 is 23.5 Å². The summed E-state index contributed by atoms with van der Waals surface area (Å²) in [7, 11) is 0. The highest BCUT2D eigenvalue weighted by molar-refractivity contribution is 5.94. The number of carbonyl (C=O) groups is 3. The summed E-state index contributed by atoms with van der Waals surface area (Å²) in [5.41, 5.74) is -0.544. The Morgan fingerprint density at radius 2 is 1.76 bits per heavy atom. The fourth-order valence-electron chi connectivity index (χ4n) is 2.11. The van der Waals surface area contributed by atoms with E-state index in [-0.39, 0.29) is 24.7 Å². The van der Waals surface area contributed by atoms with Crippen molar-refractivity contribution in [3.63, 3.8) is 0 Å². The van der Waals surface area contributed by atoms with Gasteiger partial charge in [0.2, 0.25) is 0 Å². The Morgan fingerprint density at radius 1 is 1.19 bits per heavy atom. The average Bonchev–Trinajstić information content (AvgIpc) is 2.32. The van der Waals surface area contributed by atoms with Crippen molar-refractivity contribution in [3.05, 3.63) is 12.2 Å². The molecular weight excluding hydrogens is 272 g/mol. The first-order valence-corrected chi connectivity index (χ1v) is 7.08. The molecule has 0 amide bonds. The quantitative estimate of drug-likeness (QED) is 0.391. The van der Waals surface area contributed by atoms with E-state index in [9.17, 15) is 14.4 Å². The predicted octanol–water partition coefficient (Wildman–Crippen LogP) is 2.68. The van der Waals surface area contributed by atoms with Gasteiger partial charge in [0, 0.05) is 11.5 Å². The molecule has 0 saturated carbocycles. The SMILES string of the molecule is CC=CC(=O)OCC(C)(C)C(OC(=O)CC(C)=O)C(C)C. The van der Waals surface area contributed by atoms with E-state index in [1.165, 1.54) is 13.0 Å². The molecule has 120 valence electrons. The Hall–Kier alpha value is -1.65. The van der Waals surface area contributed by atoms with E-state index in [0.29, 0.717) is 0 Å². The molecule has 0 N–H and O–H groups in total. The van der Waals surface area contributed by atoms with E-state index in [2.05, 4.69) is 0 Å². The summed E-state index contributed by atoms with van der Waals surface area (Å²) in [6.07, 6.45) is 2.25. The van der Waals surface area contributed by atoms with Crippen LogP contribution in [0.15, 0.2) is 12.2 Å². The molecule has 0 saturated heterocycles. The Morgan fingerprint density at radius 3 is 2.19 bits per heavy atom. The molecule has 1 atom stereocenters. The molecule has 0 fully saturated rings. The van der Waals surface area contributed by atoms with Crippen LogP contribution in [0.25, 0.3) is 0 Å². The molecule has 5 nitrogen and oxygen atoms in total. The Labute approximate surface area is 126 Å². The number of esters is 2. The lowest BCUT2D eigenvalue weighted by atomic mass is 9.81. The first-order chi connectivity index (χ1) is 9.60. The number of carbonyl (C=O) groups excluding carboxylic acids is 3. The molecule has 0 aliphatic rings. The summed E-state index contributed by atoms with van der Waals surface area (Å²) < 4.78 is 10.6. The molecule has 0 radical (unpaired) electrons. The lowest BCUT2D eigenvalue weighted by molar-refractivity contribution is -0.164. The monoisotopic (exact) mass is 298 g/mol.